The van der Waals surface area contributed by atoms with Crippen LogP contribution < -0.4 is 5.73 Å². The number of hydrogen-bond acceptors (Lipinski definition) is 1. The molecule has 2 nitrogen and oxygen atoms in total. The first kappa shape index (κ1) is 7.21. The van der Waals surface area contributed by atoms with Crippen LogP contribution in [0.5, 0.6) is 0 Å². The van der Waals surface area contributed by atoms with E-state index in [-0.39, 0.29) is 5.91 Å². The van der Waals surface area contributed by atoms with Crippen LogP contribution in [0.1, 0.15) is 20.3 Å². The lowest BCUT2D eigenvalue weighted by molar-refractivity contribution is -0.114. The van der Waals surface area contributed by atoms with Gasteiger partial charge in [-0.25, -0.2) is 0 Å². The number of primary amides is 1. The molecule has 0 atom stereocenters. The molecule has 8 heavy (non-hydrogen) atoms. The van der Waals surface area contributed by atoms with Crippen molar-refractivity contribution < 1.29 is 4.79 Å². The molecule has 0 bridgehead atoms. The van der Waals surface area contributed by atoms with Crippen LogP contribution in [-0.2, 0) is 4.79 Å². The summed E-state index contributed by atoms with van der Waals surface area (Å²) in [5, 5.41) is 0. The second-order valence-corrected chi connectivity index (χ2v) is 1.53. The van der Waals surface area contributed by atoms with Gasteiger partial charge in [0.15, 0.2) is 0 Å². The first-order chi connectivity index (χ1) is 3.72. The second kappa shape index (κ2) is 3.24. The Kier molecular flexibility index (Phi) is 2.92. The van der Waals surface area contributed by atoms with Gasteiger partial charge in [0, 0.05) is 5.57 Å². The van der Waals surface area contributed by atoms with Gasteiger partial charge in [0.05, 0.1) is 0 Å². The van der Waals surface area contributed by atoms with Crippen molar-refractivity contribution in [1.82, 2.24) is 0 Å². The normalized spacial score (nSPS) is 11.5. The van der Waals surface area contributed by atoms with Crippen LogP contribution >= 0.6 is 0 Å². The fourth-order valence-electron chi connectivity index (χ4n) is 0.521. The average Bonchev–Trinajstić information content (AvgIpc) is 1.69. The third-order valence-corrected chi connectivity index (χ3v) is 1.05. The molecule has 0 saturated heterocycles. The van der Waals surface area contributed by atoms with E-state index in [1.165, 1.54) is 0 Å². The maximum Gasteiger partial charge on any atom is 0.244 e. The van der Waals surface area contributed by atoms with E-state index in [4.69, 9.17) is 5.73 Å². The lowest BCUT2D eigenvalue weighted by atomic mass is 10.2. The van der Waals surface area contributed by atoms with Crippen molar-refractivity contribution in [3.8, 4) is 0 Å². The van der Waals surface area contributed by atoms with Gasteiger partial charge < -0.3 is 5.73 Å². The zero-order valence-corrected chi connectivity index (χ0v) is 5.27. The van der Waals surface area contributed by atoms with Gasteiger partial charge in [0.25, 0.3) is 0 Å². The summed E-state index contributed by atoms with van der Waals surface area (Å²) < 4.78 is 0. The summed E-state index contributed by atoms with van der Waals surface area (Å²) in [4.78, 5) is 10.3. The smallest absolute Gasteiger partial charge is 0.244 e. The number of nitrogens with two attached hydrogens (primary N) is 1. The van der Waals surface area contributed by atoms with Crippen LogP contribution in [0.2, 0.25) is 0 Å². The van der Waals surface area contributed by atoms with Gasteiger partial charge in [-0.1, -0.05) is 13.0 Å². The van der Waals surface area contributed by atoms with Crippen molar-refractivity contribution in [1.29, 1.82) is 0 Å². The largest absolute Gasteiger partial charge is 0.366 e. The van der Waals surface area contributed by atoms with Gasteiger partial charge in [-0.15, -0.1) is 0 Å². The van der Waals surface area contributed by atoms with E-state index in [1.54, 1.807) is 6.08 Å². The molecule has 0 aromatic rings. The third-order valence-electron chi connectivity index (χ3n) is 1.05. The topological polar surface area (TPSA) is 43.1 Å². The number of allylic oxidation sites excluding steroid dienone is 1. The summed E-state index contributed by atoms with van der Waals surface area (Å²) in [5.74, 6) is -0.310. The molecule has 46 valence electrons. The molecule has 0 spiro atoms. The number of amides is 1. The maximum atomic E-state index is 10.3. The van der Waals surface area contributed by atoms with E-state index in [9.17, 15) is 4.79 Å². The van der Waals surface area contributed by atoms with Gasteiger partial charge in [0.2, 0.25) is 5.91 Å². The predicted octanol–water partition coefficient (Wildman–Crippen LogP) is 0.828. The van der Waals surface area contributed by atoms with Crippen molar-refractivity contribution in [2.45, 2.75) is 20.3 Å². The molecule has 1 amide bonds. The summed E-state index contributed by atoms with van der Waals surface area (Å²) in [5.41, 5.74) is 5.65. The molecule has 0 unspecified atom stereocenters. The van der Waals surface area contributed by atoms with Crippen molar-refractivity contribution in [2.75, 3.05) is 0 Å². The lowest BCUT2D eigenvalue weighted by Gasteiger charge is -1.92. The standard InChI is InChI=1S/C6H11NO/c1-3-5(4-2)6(7)8/h3H,4H2,1-2H3,(H2,7,8)/b5-3+. The lowest BCUT2D eigenvalue weighted by Crippen LogP contribution is -2.12. The third kappa shape index (κ3) is 1.78. The van der Waals surface area contributed by atoms with E-state index >= 15 is 0 Å². The van der Waals surface area contributed by atoms with Crippen LogP contribution in [0.15, 0.2) is 11.6 Å². The molecule has 0 rings (SSSR count). The molecule has 0 heterocycles. The van der Waals surface area contributed by atoms with Gasteiger partial charge in [-0.05, 0) is 13.3 Å². The number of hydrogen-bond donors (Lipinski definition) is 1. The maximum absolute atomic E-state index is 10.3. The highest BCUT2D eigenvalue weighted by Crippen LogP contribution is 1.96. The first-order valence-corrected chi connectivity index (χ1v) is 2.67. The fourth-order valence-corrected chi connectivity index (χ4v) is 0.521. The van der Waals surface area contributed by atoms with Crippen LogP contribution in [0, 0.1) is 0 Å². The van der Waals surface area contributed by atoms with Crippen LogP contribution in [0.25, 0.3) is 0 Å². The summed E-state index contributed by atoms with van der Waals surface area (Å²) in [6.45, 7) is 3.71. The Labute approximate surface area is 49.4 Å². The minimum Gasteiger partial charge on any atom is -0.366 e. The van der Waals surface area contributed by atoms with Crippen molar-refractivity contribution in [2.24, 2.45) is 5.73 Å². The van der Waals surface area contributed by atoms with E-state index < -0.39 is 0 Å². The molecule has 0 fully saturated rings. The number of carbonyl (C=O) groups excluding carboxylic acids is 1. The van der Waals surface area contributed by atoms with Crippen molar-refractivity contribution in [3.63, 3.8) is 0 Å². The van der Waals surface area contributed by atoms with Crippen molar-refractivity contribution >= 4 is 5.91 Å². The van der Waals surface area contributed by atoms with Gasteiger partial charge in [-0.2, -0.15) is 0 Å². The Bertz CT molecular complexity index is 116. The summed E-state index contributed by atoms with van der Waals surface area (Å²) >= 11 is 0. The Morgan fingerprint density at radius 1 is 1.75 bits per heavy atom. The zero-order chi connectivity index (χ0) is 6.57. The van der Waals surface area contributed by atoms with Gasteiger partial charge in [0.1, 0.15) is 0 Å². The highest BCUT2D eigenvalue weighted by Gasteiger charge is 1.96. The van der Waals surface area contributed by atoms with E-state index in [1.807, 2.05) is 13.8 Å². The van der Waals surface area contributed by atoms with Crippen LogP contribution in [0.3, 0.4) is 0 Å². The summed E-state index contributed by atoms with van der Waals surface area (Å²) in [7, 11) is 0. The van der Waals surface area contributed by atoms with Gasteiger partial charge in [-0.3, -0.25) is 4.79 Å². The SMILES string of the molecule is C/C=C(\CC)C(N)=O. The molecule has 0 aliphatic heterocycles. The molecule has 0 radical (unpaired) electrons. The highest BCUT2D eigenvalue weighted by atomic mass is 16.1. The fraction of sp³-hybridized carbons (Fsp3) is 0.500. The molecule has 2 N–H and O–H groups in total. The molecule has 0 aromatic heterocycles. The van der Waals surface area contributed by atoms with E-state index in [2.05, 4.69) is 0 Å². The average molecular weight is 113 g/mol. The second-order valence-electron chi connectivity index (χ2n) is 1.53. The number of carbonyl (C=O) groups is 1. The molecule has 0 aliphatic carbocycles. The Morgan fingerprint density at radius 2 is 2.25 bits per heavy atom. The predicted molar refractivity (Wildman–Crippen MR) is 33.2 cm³/mol. The summed E-state index contributed by atoms with van der Waals surface area (Å²) in [6.07, 6.45) is 2.47. The molecular weight excluding hydrogens is 102 g/mol. The van der Waals surface area contributed by atoms with E-state index in [0.29, 0.717) is 5.57 Å². The minimum atomic E-state index is -0.310. The highest BCUT2D eigenvalue weighted by molar-refractivity contribution is 5.91. The van der Waals surface area contributed by atoms with Crippen molar-refractivity contribution in [3.05, 3.63) is 11.6 Å². The molecule has 2 heteroatoms. The monoisotopic (exact) mass is 113 g/mol. The Balaban J connectivity index is 3.92. The molecule has 0 aromatic carbocycles. The Morgan fingerprint density at radius 3 is 2.25 bits per heavy atom. The van der Waals surface area contributed by atoms with E-state index in [0.717, 1.165) is 6.42 Å². The quantitative estimate of drug-likeness (QED) is 0.529. The Hall–Kier alpha value is -0.790. The molecule has 0 saturated carbocycles. The van der Waals surface area contributed by atoms with Crippen LogP contribution in [0.4, 0.5) is 0 Å². The summed E-state index contributed by atoms with van der Waals surface area (Å²) in [6, 6.07) is 0. The first-order valence-electron chi connectivity index (χ1n) is 2.67. The zero-order valence-electron chi connectivity index (χ0n) is 5.27. The van der Waals surface area contributed by atoms with Crippen LogP contribution in [-0.4, -0.2) is 5.91 Å². The number of rotatable bonds is 2. The van der Waals surface area contributed by atoms with Gasteiger partial charge >= 0.3 is 0 Å². The minimum absolute atomic E-state index is 0.310. The molecule has 0 aliphatic rings. The molecular formula is C6H11NO.